The van der Waals surface area contributed by atoms with Crippen LogP contribution in [0.2, 0.25) is 0 Å². The van der Waals surface area contributed by atoms with Crippen LogP contribution in [0.3, 0.4) is 0 Å². The molecule has 2 heterocycles. The van der Waals surface area contributed by atoms with Gasteiger partial charge in [0.15, 0.2) is 6.04 Å². The topological polar surface area (TPSA) is 165 Å². The number of hydrogen-bond donors (Lipinski definition) is 5. The van der Waals surface area contributed by atoms with Gasteiger partial charge in [0, 0.05) is 47.1 Å². The number of aliphatic imine (C=N–C) groups is 1. The Morgan fingerprint density at radius 1 is 1.33 bits per heavy atom. The largest absolute Gasteiger partial charge is 0.505 e. The van der Waals surface area contributed by atoms with Gasteiger partial charge in [0.25, 0.3) is 0 Å². The summed E-state index contributed by atoms with van der Waals surface area (Å²) >= 11 is 0. The number of phosphoric acid groups is 1. The van der Waals surface area contributed by atoms with Gasteiger partial charge in [0.1, 0.15) is 5.75 Å². The van der Waals surface area contributed by atoms with Crippen LogP contribution in [0.4, 0.5) is 0 Å². The van der Waals surface area contributed by atoms with Crippen molar-refractivity contribution in [2.45, 2.75) is 26.0 Å². The molecule has 0 saturated carbocycles. The predicted molar refractivity (Wildman–Crippen MR) is 108 cm³/mol. The molecule has 1 atom stereocenters. The summed E-state index contributed by atoms with van der Waals surface area (Å²) in [5.41, 5.74) is 2.14. The van der Waals surface area contributed by atoms with Gasteiger partial charge in [-0.2, -0.15) is 0 Å². The van der Waals surface area contributed by atoms with Crippen molar-refractivity contribution >= 4 is 30.9 Å². The van der Waals surface area contributed by atoms with Crippen LogP contribution in [0.15, 0.2) is 41.7 Å². The number of phosphoric ester groups is 1. The molecule has 158 valence electrons. The summed E-state index contributed by atoms with van der Waals surface area (Å²) in [6, 6.07) is 6.32. The standard InChI is InChI=1S/C19H20N3O7P/c1-11-18(23)15(13(8-20-11)10-29-30(26,27)28)9-22-17(19(24)25)6-12-7-21-16-5-3-2-4-14(12)16/h2-5,7-9,17,21,23H,6,10H2,1H3,(H,24,25)(H2,26,27,28)/t17-/m0/s1. The molecule has 11 heteroatoms. The maximum atomic E-state index is 11.8. The fraction of sp³-hybridized carbons (Fsp3) is 0.211. The van der Waals surface area contributed by atoms with Crippen molar-refractivity contribution in [1.29, 1.82) is 0 Å². The highest BCUT2D eigenvalue weighted by Gasteiger charge is 2.20. The fourth-order valence-electron chi connectivity index (χ4n) is 2.94. The number of aromatic nitrogens is 2. The van der Waals surface area contributed by atoms with Gasteiger partial charge in [0.05, 0.1) is 12.3 Å². The summed E-state index contributed by atoms with van der Waals surface area (Å²) < 4.78 is 15.5. The highest BCUT2D eigenvalue weighted by atomic mass is 31.2. The van der Waals surface area contributed by atoms with Crippen molar-refractivity contribution in [1.82, 2.24) is 9.97 Å². The smallest absolute Gasteiger partial charge is 0.469 e. The number of aromatic amines is 1. The first-order valence-corrected chi connectivity index (χ1v) is 10.4. The molecule has 0 spiro atoms. The zero-order valence-corrected chi connectivity index (χ0v) is 16.8. The number of carboxylic acid groups (broad SMARTS) is 1. The summed E-state index contributed by atoms with van der Waals surface area (Å²) in [5, 5.41) is 20.8. The number of H-pyrrole nitrogens is 1. The van der Waals surface area contributed by atoms with Gasteiger partial charge in [-0.1, -0.05) is 18.2 Å². The summed E-state index contributed by atoms with van der Waals surface area (Å²) in [4.78, 5) is 40.7. The zero-order valence-electron chi connectivity index (χ0n) is 15.9. The van der Waals surface area contributed by atoms with Crippen LogP contribution >= 0.6 is 7.82 Å². The SMILES string of the molecule is Cc1ncc(COP(=O)(O)O)c(C=N[C@@H](Cc2c[nH]c3ccccc23)C(=O)O)c1O. The van der Waals surface area contributed by atoms with Crippen LogP contribution in [0.5, 0.6) is 5.75 Å². The molecular weight excluding hydrogens is 413 g/mol. The van der Waals surface area contributed by atoms with Crippen molar-refractivity contribution in [2.75, 3.05) is 0 Å². The molecule has 1 aromatic carbocycles. The second-order valence-electron chi connectivity index (χ2n) is 6.59. The second kappa shape index (κ2) is 8.76. The Hall–Kier alpha value is -3.04. The minimum Gasteiger partial charge on any atom is -0.505 e. The van der Waals surface area contributed by atoms with Crippen LogP contribution in [0.1, 0.15) is 22.4 Å². The number of para-hydroxylation sites is 1. The number of aliphatic carboxylic acids is 1. The number of nitrogens with zero attached hydrogens (tertiary/aromatic N) is 2. The lowest BCUT2D eigenvalue weighted by Crippen LogP contribution is -2.21. The van der Waals surface area contributed by atoms with Gasteiger partial charge in [0.2, 0.25) is 0 Å². The lowest BCUT2D eigenvalue weighted by molar-refractivity contribution is -0.138. The third-order valence-electron chi connectivity index (χ3n) is 4.50. The highest BCUT2D eigenvalue weighted by molar-refractivity contribution is 7.46. The first-order chi connectivity index (χ1) is 14.2. The molecule has 0 bridgehead atoms. The molecule has 0 aliphatic heterocycles. The van der Waals surface area contributed by atoms with E-state index in [4.69, 9.17) is 9.79 Å². The molecule has 0 aliphatic rings. The van der Waals surface area contributed by atoms with E-state index in [-0.39, 0.29) is 29.0 Å². The number of hydrogen-bond acceptors (Lipinski definition) is 6. The number of fused-ring (bicyclic) bond motifs is 1. The molecule has 0 amide bonds. The lowest BCUT2D eigenvalue weighted by atomic mass is 10.0. The maximum Gasteiger partial charge on any atom is 0.469 e. The van der Waals surface area contributed by atoms with E-state index >= 15 is 0 Å². The average molecular weight is 433 g/mol. The molecule has 0 unspecified atom stereocenters. The fourth-order valence-corrected chi connectivity index (χ4v) is 3.25. The number of benzene rings is 1. The molecule has 10 nitrogen and oxygen atoms in total. The van der Waals surface area contributed by atoms with Gasteiger partial charge < -0.3 is 25.0 Å². The first-order valence-electron chi connectivity index (χ1n) is 8.84. The maximum absolute atomic E-state index is 11.8. The molecule has 3 rings (SSSR count). The van der Waals surface area contributed by atoms with Crippen molar-refractivity contribution in [2.24, 2.45) is 4.99 Å². The number of carboxylic acids is 1. The van der Waals surface area contributed by atoms with Crippen molar-refractivity contribution in [3.63, 3.8) is 0 Å². The molecule has 0 aliphatic carbocycles. The molecule has 0 saturated heterocycles. The Balaban J connectivity index is 1.90. The molecule has 30 heavy (non-hydrogen) atoms. The Kier molecular flexibility index (Phi) is 6.33. The Morgan fingerprint density at radius 3 is 2.77 bits per heavy atom. The van der Waals surface area contributed by atoms with E-state index in [1.165, 1.54) is 13.1 Å². The molecule has 2 aromatic heterocycles. The summed E-state index contributed by atoms with van der Waals surface area (Å²) in [5.74, 6) is -1.43. The minimum atomic E-state index is -4.75. The summed E-state index contributed by atoms with van der Waals surface area (Å²) in [6.07, 6.45) is 4.27. The lowest BCUT2D eigenvalue weighted by Gasteiger charge is -2.12. The zero-order chi connectivity index (χ0) is 21.9. The van der Waals surface area contributed by atoms with Crippen LogP contribution in [0, 0.1) is 6.92 Å². The number of carbonyl (C=O) groups is 1. The van der Waals surface area contributed by atoms with E-state index in [2.05, 4.69) is 19.5 Å². The Bertz CT molecular complexity index is 1150. The molecule has 0 radical (unpaired) electrons. The van der Waals surface area contributed by atoms with Gasteiger partial charge in [-0.15, -0.1) is 0 Å². The van der Waals surface area contributed by atoms with Crippen LogP contribution in [-0.4, -0.2) is 48.2 Å². The molecular formula is C19H20N3O7P. The monoisotopic (exact) mass is 433 g/mol. The number of pyridine rings is 1. The van der Waals surface area contributed by atoms with Crippen molar-refractivity contribution in [3.8, 4) is 5.75 Å². The molecule has 3 aromatic rings. The minimum absolute atomic E-state index is 0.0844. The van der Waals surface area contributed by atoms with Crippen LogP contribution in [-0.2, 0) is 26.9 Å². The normalized spacial score (nSPS) is 13.2. The molecule has 0 fully saturated rings. The summed E-state index contributed by atoms with van der Waals surface area (Å²) in [7, 11) is -4.75. The quantitative estimate of drug-likeness (QED) is 0.267. The van der Waals surface area contributed by atoms with E-state index in [0.29, 0.717) is 0 Å². The predicted octanol–water partition coefficient (Wildman–Crippen LogP) is 2.30. The van der Waals surface area contributed by atoms with E-state index in [1.54, 1.807) is 6.20 Å². The van der Waals surface area contributed by atoms with E-state index in [1.807, 2.05) is 24.3 Å². The van der Waals surface area contributed by atoms with Gasteiger partial charge in [-0.05, 0) is 18.6 Å². The Morgan fingerprint density at radius 2 is 2.07 bits per heavy atom. The Labute approximate surface area is 171 Å². The van der Waals surface area contributed by atoms with Gasteiger partial charge in [-0.3, -0.25) is 14.5 Å². The van der Waals surface area contributed by atoms with Gasteiger partial charge >= 0.3 is 13.8 Å². The van der Waals surface area contributed by atoms with E-state index in [9.17, 15) is 19.6 Å². The number of aromatic hydroxyl groups is 1. The van der Waals surface area contributed by atoms with E-state index < -0.39 is 26.4 Å². The molecule has 5 N–H and O–H groups in total. The highest BCUT2D eigenvalue weighted by Crippen LogP contribution is 2.37. The third kappa shape index (κ3) is 5.11. The van der Waals surface area contributed by atoms with Gasteiger partial charge in [-0.25, -0.2) is 9.36 Å². The van der Waals surface area contributed by atoms with Crippen LogP contribution in [0.25, 0.3) is 10.9 Å². The van der Waals surface area contributed by atoms with Crippen LogP contribution < -0.4 is 0 Å². The number of nitrogens with one attached hydrogen (secondary N) is 1. The van der Waals surface area contributed by atoms with Crippen molar-refractivity contribution < 1.29 is 33.9 Å². The first kappa shape index (κ1) is 21.7. The number of rotatable bonds is 8. The average Bonchev–Trinajstić information content (AvgIpc) is 3.09. The summed E-state index contributed by atoms with van der Waals surface area (Å²) in [6.45, 7) is 0.994. The van der Waals surface area contributed by atoms with Crippen molar-refractivity contribution in [3.05, 3.63) is 59.0 Å². The second-order valence-corrected chi connectivity index (χ2v) is 7.83. The number of aryl methyl sites for hydroxylation is 1. The third-order valence-corrected chi connectivity index (χ3v) is 4.97. The van der Waals surface area contributed by atoms with E-state index in [0.717, 1.165) is 22.7 Å².